The summed E-state index contributed by atoms with van der Waals surface area (Å²) in [5.41, 5.74) is 18.5. The fraction of sp³-hybridized carbons (Fsp3) is 0.0690. The van der Waals surface area contributed by atoms with Crippen molar-refractivity contribution in [2.75, 3.05) is 4.90 Å². The lowest BCUT2D eigenvalue weighted by Gasteiger charge is -2.47. The third-order valence-corrected chi connectivity index (χ3v) is 14.5. The van der Waals surface area contributed by atoms with Gasteiger partial charge in [-0.05, 0) is 127 Å². The van der Waals surface area contributed by atoms with Crippen LogP contribution in [-0.4, -0.2) is 0 Å². The van der Waals surface area contributed by atoms with Gasteiger partial charge in [-0.1, -0.05) is 166 Å². The Morgan fingerprint density at radius 2 is 0.867 bits per heavy atom. The molecular weight excluding hydrogens is 743 g/mol. The SMILES string of the molecule is CC1(C)c2ccccc2C2(c3ccccc3-c3ccccc32)c2cc(-c3cccc(N(c4ccccc4)c4ccc(-c5ccc6sc7ccccc7c6c5)cc4)c3)ccc21. The molecule has 0 unspecified atom stereocenters. The van der Waals surface area contributed by atoms with Crippen molar-refractivity contribution < 1.29 is 0 Å². The van der Waals surface area contributed by atoms with Crippen LogP contribution in [0.3, 0.4) is 0 Å². The number of hydrogen-bond donors (Lipinski definition) is 0. The van der Waals surface area contributed by atoms with Crippen LogP contribution in [0.2, 0.25) is 0 Å². The molecule has 2 aliphatic rings. The van der Waals surface area contributed by atoms with Gasteiger partial charge in [0.05, 0.1) is 5.41 Å². The van der Waals surface area contributed by atoms with Crippen LogP contribution in [0.4, 0.5) is 17.1 Å². The van der Waals surface area contributed by atoms with E-state index >= 15 is 0 Å². The van der Waals surface area contributed by atoms with Crippen LogP contribution in [0, 0.1) is 0 Å². The lowest BCUT2D eigenvalue weighted by molar-refractivity contribution is 0.563. The third kappa shape index (κ3) is 5.04. The third-order valence-electron chi connectivity index (χ3n) is 13.3. The van der Waals surface area contributed by atoms with Gasteiger partial charge in [0, 0.05) is 42.6 Å². The molecule has 0 amide bonds. The van der Waals surface area contributed by atoms with Crippen molar-refractivity contribution >= 4 is 48.6 Å². The molecule has 1 nitrogen and oxygen atoms in total. The van der Waals surface area contributed by atoms with Gasteiger partial charge in [-0.25, -0.2) is 0 Å². The van der Waals surface area contributed by atoms with E-state index < -0.39 is 5.41 Å². The second-order valence-corrected chi connectivity index (χ2v) is 17.9. The van der Waals surface area contributed by atoms with E-state index in [1.54, 1.807) is 0 Å². The van der Waals surface area contributed by atoms with E-state index in [4.69, 9.17) is 0 Å². The number of thiophene rings is 1. The van der Waals surface area contributed by atoms with Crippen LogP contribution in [0.25, 0.3) is 53.6 Å². The zero-order valence-electron chi connectivity index (χ0n) is 33.6. The van der Waals surface area contributed by atoms with Crippen molar-refractivity contribution in [1.29, 1.82) is 0 Å². The molecule has 60 heavy (non-hydrogen) atoms. The predicted octanol–water partition coefficient (Wildman–Crippen LogP) is 15.9. The first kappa shape index (κ1) is 35.0. The summed E-state index contributed by atoms with van der Waals surface area (Å²) in [5, 5.41) is 2.65. The number of benzene rings is 9. The van der Waals surface area contributed by atoms with E-state index in [-0.39, 0.29) is 5.41 Å². The van der Waals surface area contributed by atoms with E-state index in [2.05, 4.69) is 231 Å². The molecule has 0 saturated carbocycles. The summed E-state index contributed by atoms with van der Waals surface area (Å²) >= 11 is 1.86. The van der Waals surface area contributed by atoms with Gasteiger partial charge in [0.1, 0.15) is 0 Å². The van der Waals surface area contributed by atoms with Gasteiger partial charge in [0.25, 0.3) is 0 Å². The molecule has 2 aliphatic carbocycles. The first-order valence-corrected chi connectivity index (χ1v) is 21.7. The van der Waals surface area contributed by atoms with Crippen molar-refractivity contribution in [2.45, 2.75) is 24.7 Å². The maximum absolute atomic E-state index is 2.51. The molecule has 12 rings (SSSR count). The Bertz CT molecular complexity index is 3250. The Hall–Kier alpha value is -7.00. The number of nitrogens with zero attached hydrogens (tertiary/aromatic N) is 1. The molecule has 2 heteroatoms. The second kappa shape index (κ2) is 13.3. The van der Waals surface area contributed by atoms with Crippen molar-refractivity contribution in [1.82, 2.24) is 0 Å². The standard InChI is InChI=1S/C58H41NS/c1-57(2)51-24-11-12-25-53(51)58(49-22-9-6-19-45(49)46-20-7-10-23-50(46)58)54-37-41(29-33-52(54)57)39-15-14-18-44(35-39)59(42-16-4-3-5-17-42)43-31-27-38(28-32-43)40-30-34-56-48(36-40)47-21-8-13-26-55(47)60-56/h3-37H,1-2H3. The Morgan fingerprint density at radius 3 is 1.63 bits per heavy atom. The Balaban J connectivity index is 0.990. The van der Waals surface area contributed by atoms with Crippen molar-refractivity contribution in [3.05, 3.63) is 246 Å². The fourth-order valence-electron chi connectivity index (χ4n) is 10.6. The van der Waals surface area contributed by atoms with Crippen LogP contribution in [0.1, 0.15) is 47.2 Å². The van der Waals surface area contributed by atoms with Gasteiger partial charge in [0.2, 0.25) is 0 Å². The monoisotopic (exact) mass is 783 g/mol. The molecule has 0 atom stereocenters. The summed E-state index contributed by atoms with van der Waals surface area (Å²) in [5.74, 6) is 0. The van der Waals surface area contributed by atoms with E-state index in [1.807, 2.05) is 11.3 Å². The molecule has 10 aromatic rings. The first-order chi connectivity index (χ1) is 29.5. The number of rotatable bonds is 5. The maximum Gasteiger partial charge on any atom is 0.0719 e. The van der Waals surface area contributed by atoms with Gasteiger partial charge < -0.3 is 4.90 Å². The molecule has 1 aromatic heterocycles. The van der Waals surface area contributed by atoms with E-state index in [0.717, 1.165) is 17.1 Å². The van der Waals surface area contributed by atoms with E-state index in [1.165, 1.54) is 86.9 Å². The molecular formula is C58H41NS. The molecule has 0 radical (unpaired) electrons. The zero-order chi connectivity index (χ0) is 40.0. The van der Waals surface area contributed by atoms with Crippen molar-refractivity contribution in [2.24, 2.45) is 0 Å². The minimum Gasteiger partial charge on any atom is -0.310 e. The molecule has 1 heterocycles. The average Bonchev–Trinajstić information content (AvgIpc) is 3.83. The van der Waals surface area contributed by atoms with Crippen LogP contribution in [0.15, 0.2) is 212 Å². The van der Waals surface area contributed by atoms with Crippen LogP contribution in [-0.2, 0) is 10.8 Å². The van der Waals surface area contributed by atoms with Crippen LogP contribution >= 0.6 is 11.3 Å². The molecule has 0 fully saturated rings. The molecule has 0 saturated heterocycles. The summed E-state index contributed by atoms with van der Waals surface area (Å²) < 4.78 is 2.66. The second-order valence-electron chi connectivity index (χ2n) is 16.8. The summed E-state index contributed by atoms with van der Waals surface area (Å²) in [4.78, 5) is 2.38. The zero-order valence-corrected chi connectivity index (χ0v) is 34.4. The van der Waals surface area contributed by atoms with Crippen LogP contribution in [0.5, 0.6) is 0 Å². The summed E-state index contributed by atoms with van der Waals surface area (Å²) in [7, 11) is 0. The van der Waals surface area contributed by atoms with Gasteiger partial charge in [-0.15, -0.1) is 11.3 Å². The van der Waals surface area contributed by atoms with Gasteiger partial charge in [-0.3, -0.25) is 0 Å². The number of fused-ring (bicyclic) bond motifs is 12. The Morgan fingerprint density at radius 1 is 0.333 bits per heavy atom. The Labute approximate surface area is 355 Å². The maximum atomic E-state index is 2.51. The molecule has 0 aliphatic heterocycles. The smallest absolute Gasteiger partial charge is 0.0719 e. The normalized spacial score (nSPS) is 14.1. The highest BCUT2D eigenvalue weighted by Gasteiger charge is 2.53. The minimum atomic E-state index is -0.429. The molecule has 9 aromatic carbocycles. The molecule has 284 valence electrons. The van der Waals surface area contributed by atoms with Gasteiger partial charge in [-0.2, -0.15) is 0 Å². The van der Waals surface area contributed by atoms with Gasteiger partial charge >= 0.3 is 0 Å². The predicted molar refractivity (Wildman–Crippen MR) is 254 cm³/mol. The van der Waals surface area contributed by atoms with E-state index in [0.29, 0.717) is 0 Å². The average molecular weight is 784 g/mol. The summed E-state index contributed by atoms with van der Waals surface area (Å²) in [6.07, 6.45) is 0. The highest BCUT2D eigenvalue weighted by molar-refractivity contribution is 7.25. The topological polar surface area (TPSA) is 3.24 Å². The number of hydrogen-bond acceptors (Lipinski definition) is 2. The number of anilines is 3. The molecule has 0 N–H and O–H groups in total. The Kier molecular flexibility index (Phi) is 7.73. The quantitative estimate of drug-likeness (QED) is 0.168. The number of para-hydroxylation sites is 1. The lowest BCUT2D eigenvalue weighted by atomic mass is 9.55. The highest BCUT2D eigenvalue weighted by atomic mass is 32.1. The lowest BCUT2D eigenvalue weighted by Crippen LogP contribution is -2.40. The summed E-state index contributed by atoms with van der Waals surface area (Å²) in [6.45, 7) is 4.80. The van der Waals surface area contributed by atoms with E-state index in [9.17, 15) is 0 Å². The molecule has 1 spiro atoms. The van der Waals surface area contributed by atoms with Crippen molar-refractivity contribution in [3.8, 4) is 33.4 Å². The largest absolute Gasteiger partial charge is 0.310 e. The van der Waals surface area contributed by atoms with Crippen LogP contribution < -0.4 is 4.90 Å². The highest BCUT2D eigenvalue weighted by Crippen LogP contribution is 2.62. The fourth-order valence-corrected chi connectivity index (χ4v) is 11.7. The minimum absolute atomic E-state index is 0.177. The molecule has 0 bridgehead atoms. The summed E-state index contributed by atoms with van der Waals surface area (Å²) in [6, 6.07) is 79.2. The van der Waals surface area contributed by atoms with Gasteiger partial charge in [0.15, 0.2) is 0 Å². The van der Waals surface area contributed by atoms with Crippen molar-refractivity contribution in [3.63, 3.8) is 0 Å². The first-order valence-electron chi connectivity index (χ1n) is 20.9.